The van der Waals surface area contributed by atoms with E-state index in [1.54, 1.807) is 0 Å². The Labute approximate surface area is 128 Å². The molecule has 1 aromatic heterocycles. The Bertz CT molecular complexity index is 397. The van der Waals surface area contributed by atoms with Gasteiger partial charge in [-0.3, -0.25) is 4.99 Å². The highest BCUT2D eigenvalue weighted by Crippen LogP contribution is 2.01. The number of imidazole rings is 1. The summed E-state index contributed by atoms with van der Waals surface area (Å²) in [5.74, 6) is 0.976. The lowest BCUT2D eigenvalue weighted by Gasteiger charge is -2.22. The summed E-state index contributed by atoms with van der Waals surface area (Å²) in [5, 5.41) is 3.41. The minimum atomic E-state index is 0.922. The van der Waals surface area contributed by atoms with Gasteiger partial charge in [0.1, 0.15) is 0 Å². The molecule has 1 N–H and O–H groups in total. The number of guanidine groups is 1. The molecule has 5 nitrogen and oxygen atoms in total. The third kappa shape index (κ3) is 7.54. The first-order chi connectivity index (χ1) is 10.3. The standard InChI is InChI=1S/C16H29N5/c1-4-5-6-7-8-12-20(3)16(17-2)19-10-9-13-21-14-11-18-15-21/h4,11,14-15H,1,5-10,12-13H2,2-3H3,(H,17,19). The smallest absolute Gasteiger partial charge is 0.193 e. The molecule has 1 aromatic rings. The Morgan fingerprint density at radius 2 is 2.24 bits per heavy atom. The monoisotopic (exact) mass is 291 g/mol. The summed E-state index contributed by atoms with van der Waals surface area (Å²) in [7, 11) is 3.94. The average Bonchev–Trinajstić information content (AvgIpc) is 3.00. The zero-order valence-electron chi connectivity index (χ0n) is 13.5. The van der Waals surface area contributed by atoms with E-state index in [-0.39, 0.29) is 0 Å². The van der Waals surface area contributed by atoms with Crippen molar-refractivity contribution in [3.05, 3.63) is 31.4 Å². The van der Waals surface area contributed by atoms with E-state index in [1.807, 2.05) is 31.8 Å². The van der Waals surface area contributed by atoms with E-state index in [2.05, 4.69) is 38.4 Å². The van der Waals surface area contributed by atoms with Crippen LogP contribution in [0.2, 0.25) is 0 Å². The van der Waals surface area contributed by atoms with E-state index in [0.29, 0.717) is 0 Å². The number of aromatic nitrogens is 2. The molecule has 0 aromatic carbocycles. The van der Waals surface area contributed by atoms with Crippen LogP contribution in [0.25, 0.3) is 0 Å². The van der Waals surface area contributed by atoms with Crippen molar-refractivity contribution in [1.29, 1.82) is 0 Å². The molecule has 0 amide bonds. The fourth-order valence-electron chi connectivity index (χ4n) is 2.19. The van der Waals surface area contributed by atoms with E-state index in [9.17, 15) is 0 Å². The van der Waals surface area contributed by atoms with Crippen LogP contribution in [0.15, 0.2) is 36.4 Å². The lowest BCUT2D eigenvalue weighted by Crippen LogP contribution is -2.40. The summed E-state index contributed by atoms with van der Waals surface area (Å²) in [6, 6.07) is 0. The molecule has 0 atom stereocenters. The molecule has 0 saturated carbocycles. The number of aliphatic imine (C=N–C) groups is 1. The van der Waals surface area contributed by atoms with Crippen LogP contribution in [0.3, 0.4) is 0 Å². The van der Waals surface area contributed by atoms with Crippen LogP contribution in [0.4, 0.5) is 0 Å². The predicted octanol–water partition coefficient (Wildman–Crippen LogP) is 2.53. The van der Waals surface area contributed by atoms with Gasteiger partial charge in [0, 0.05) is 46.1 Å². The van der Waals surface area contributed by atoms with Crippen molar-refractivity contribution < 1.29 is 0 Å². The fraction of sp³-hybridized carbons (Fsp3) is 0.625. The number of hydrogen-bond donors (Lipinski definition) is 1. The minimum absolute atomic E-state index is 0.922. The second-order valence-electron chi connectivity index (χ2n) is 5.19. The summed E-state index contributed by atoms with van der Waals surface area (Å²) in [6.45, 7) is 6.69. The van der Waals surface area contributed by atoms with Crippen LogP contribution in [0.5, 0.6) is 0 Å². The first-order valence-corrected chi connectivity index (χ1v) is 7.76. The molecule has 0 spiro atoms. The number of aryl methyl sites for hydroxylation is 1. The van der Waals surface area contributed by atoms with Gasteiger partial charge in [-0.05, 0) is 25.7 Å². The topological polar surface area (TPSA) is 45.5 Å². The zero-order valence-corrected chi connectivity index (χ0v) is 13.5. The Hall–Kier alpha value is -1.78. The maximum Gasteiger partial charge on any atom is 0.193 e. The van der Waals surface area contributed by atoms with Gasteiger partial charge in [0.15, 0.2) is 5.96 Å². The Morgan fingerprint density at radius 3 is 2.90 bits per heavy atom. The normalized spacial score (nSPS) is 11.4. The molecule has 1 rings (SSSR count). The van der Waals surface area contributed by atoms with Crippen molar-refractivity contribution in [3.8, 4) is 0 Å². The van der Waals surface area contributed by atoms with E-state index < -0.39 is 0 Å². The van der Waals surface area contributed by atoms with E-state index in [0.717, 1.165) is 38.4 Å². The van der Waals surface area contributed by atoms with Gasteiger partial charge < -0.3 is 14.8 Å². The van der Waals surface area contributed by atoms with Gasteiger partial charge in [0.25, 0.3) is 0 Å². The third-order valence-electron chi connectivity index (χ3n) is 3.41. The van der Waals surface area contributed by atoms with Crippen LogP contribution >= 0.6 is 0 Å². The fourth-order valence-corrected chi connectivity index (χ4v) is 2.19. The molecular formula is C16H29N5. The summed E-state index contributed by atoms with van der Waals surface area (Å²) >= 11 is 0. The van der Waals surface area contributed by atoms with Crippen LogP contribution in [-0.4, -0.2) is 47.6 Å². The molecule has 0 aliphatic heterocycles. The van der Waals surface area contributed by atoms with Gasteiger partial charge >= 0.3 is 0 Å². The maximum absolute atomic E-state index is 4.33. The molecule has 0 saturated heterocycles. The van der Waals surface area contributed by atoms with Crippen molar-refractivity contribution in [2.75, 3.05) is 27.2 Å². The van der Waals surface area contributed by atoms with Gasteiger partial charge in [-0.2, -0.15) is 0 Å². The largest absolute Gasteiger partial charge is 0.356 e. The lowest BCUT2D eigenvalue weighted by molar-refractivity contribution is 0.453. The second kappa shape index (κ2) is 10.9. The Kier molecular flexibility index (Phi) is 9.00. The van der Waals surface area contributed by atoms with Crippen molar-refractivity contribution in [2.45, 2.75) is 38.6 Å². The van der Waals surface area contributed by atoms with Crippen LogP contribution < -0.4 is 5.32 Å². The quantitative estimate of drug-likeness (QED) is 0.312. The first kappa shape index (κ1) is 17.3. The van der Waals surface area contributed by atoms with Gasteiger partial charge in [0.2, 0.25) is 0 Å². The van der Waals surface area contributed by atoms with E-state index in [1.165, 1.54) is 19.3 Å². The van der Waals surface area contributed by atoms with E-state index in [4.69, 9.17) is 0 Å². The highest BCUT2D eigenvalue weighted by molar-refractivity contribution is 5.79. The number of rotatable bonds is 10. The van der Waals surface area contributed by atoms with Gasteiger partial charge in [-0.25, -0.2) is 4.98 Å². The second-order valence-corrected chi connectivity index (χ2v) is 5.19. The van der Waals surface area contributed by atoms with Crippen molar-refractivity contribution in [3.63, 3.8) is 0 Å². The molecule has 0 aliphatic rings. The molecule has 1 heterocycles. The summed E-state index contributed by atoms with van der Waals surface area (Å²) in [4.78, 5) is 10.6. The number of hydrogen-bond acceptors (Lipinski definition) is 2. The zero-order chi connectivity index (χ0) is 15.3. The highest BCUT2D eigenvalue weighted by atomic mass is 15.3. The Morgan fingerprint density at radius 1 is 1.38 bits per heavy atom. The van der Waals surface area contributed by atoms with Crippen molar-refractivity contribution in [1.82, 2.24) is 19.8 Å². The van der Waals surface area contributed by atoms with Crippen LogP contribution in [-0.2, 0) is 6.54 Å². The molecule has 0 aliphatic carbocycles. The average molecular weight is 291 g/mol. The van der Waals surface area contributed by atoms with Gasteiger partial charge in [-0.15, -0.1) is 6.58 Å². The third-order valence-corrected chi connectivity index (χ3v) is 3.41. The SMILES string of the molecule is C=CCCCCCN(C)C(=NC)NCCCn1ccnc1. The molecule has 21 heavy (non-hydrogen) atoms. The number of allylic oxidation sites excluding steroid dienone is 1. The Balaban J connectivity index is 2.13. The minimum Gasteiger partial charge on any atom is -0.356 e. The first-order valence-electron chi connectivity index (χ1n) is 7.76. The predicted molar refractivity (Wildman–Crippen MR) is 89.5 cm³/mol. The molecular weight excluding hydrogens is 262 g/mol. The lowest BCUT2D eigenvalue weighted by atomic mass is 10.2. The summed E-state index contributed by atoms with van der Waals surface area (Å²) in [5.41, 5.74) is 0. The molecule has 0 bridgehead atoms. The maximum atomic E-state index is 4.33. The molecule has 118 valence electrons. The summed E-state index contributed by atoms with van der Waals surface area (Å²) in [6.07, 6.45) is 13.5. The van der Waals surface area contributed by atoms with Crippen molar-refractivity contribution >= 4 is 5.96 Å². The van der Waals surface area contributed by atoms with E-state index >= 15 is 0 Å². The molecule has 0 unspecified atom stereocenters. The number of nitrogens with one attached hydrogen (secondary N) is 1. The van der Waals surface area contributed by atoms with Gasteiger partial charge in [0.05, 0.1) is 6.33 Å². The highest BCUT2D eigenvalue weighted by Gasteiger charge is 2.04. The summed E-state index contributed by atoms with van der Waals surface area (Å²) < 4.78 is 2.09. The van der Waals surface area contributed by atoms with Crippen LogP contribution in [0.1, 0.15) is 32.1 Å². The van der Waals surface area contributed by atoms with Gasteiger partial charge in [-0.1, -0.05) is 12.5 Å². The van der Waals surface area contributed by atoms with Crippen LogP contribution in [0, 0.1) is 0 Å². The number of nitrogens with zero attached hydrogens (tertiary/aromatic N) is 4. The van der Waals surface area contributed by atoms with Crippen molar-refractivity contribution in [2.24, 2.45) is 4.99 Å². The molecule has 0 fully saturated rings. The number of unbranched alkanes of at least 4 members (excludes halogenated alkanes) is 3. The molecule has 5 heteroatoms. The molecule has 0 radical (unpaired) electrons.